The van der Waals surface area contributed by atoms with Gasteiger partial charge in [0.1, 0.15) is 0 Å². The number of aryl methyl sites for hydroxylation is 2. The fourth-order valence-electron chi connectivity index (χ4n) is 2.00. The maximum absolute atomic E-state index is 5.70. The quantitative estimate of drug-likeness (QED) is 0.747. The smallest absolute Gasteiger partial charge is 0.0459 e. The van der Waals surface area contributed by atoms with Crippen LogP contribution in [-0.4, -0.2) is 4.98 Å². The topological polar surface area (TPSA) is 41.8 Å². The molecule has 0 fully saturated rings. The molecular formula is C12H16N2. The molecule has 0 saturated carbocycles. The second kappa shape index (κ2) is 3.46. The third kappa shape index (κ3) is 1.32. The molecule has 2 nitrogen and oxygen atoms in total. The number of rotatable bonds is 2. The highest BCUT2D eigenvalue weighted by molar-refractivity contribution is 5.85. The van der Waals surface area contributed by atoms with Crippen LogP contribution in [0.4, 0.5) is 0 Å². The molecule has 0 radical (unpaired) electrons. The lowest BCUT2D eigenvalue weighted by Crippen LogP contribution is -1.99. The Morgan fingerprint density at radius 2 is 2.14 bits per heavy atom. The molecule has 1 aromatic carbocycles. The molecular weight excluding hydrogens is 172 g/mol. The molecule has 0 atom stereocenters. The van der Waals surface area contributed by atoms with Gasteiger partial charge in [0.05, 0.1) is 0 Å². The van der Waals surface area contributed by atoms with Crippen LogP contribution in [0.15, 0.2) is 18.2 Å². The third-order valence-electron chi connectivity index (χ3n) is 2.71. The summed E-state index contributed by atoms with van der Waals surface area (Å²) >= 11 is 0. The maximum Gasteiger partial charge on any atom is 0.0459 e. The van der Waals surface area contributed by atoms with Crippen LogP contribution in [0.1, 0.15) is 23.7 Å². The summed E-state index contributed by atoms with van der Waals surface area (Å²) in [7, 11) is 0. The second-order valence-electron chi connectivity index (χ2n) is 3.69. The lowest BCUT2D eigenvalue weighted by molar-refractivity contribution is 0.973. The van der Waals surface area contributed by atoms with Crippen LogP contribution in [0.3, 0.4) is 0 Å². The number of nitrogens with one attached hydrogen (secondary N) is 1. The summed E-state index contributed by atoms with van der Waals surface area (Å²) in [4.78, 5) is 3.37. The Hall–Kier alpha value is -1.28. The van der Waals surface area contributed by atoms with E-state index in [1.54, 1.807) is 0 Å². The van der Waals surface area contributed by atoms with Crippen molar-refractivity contribution in [1.82, 2.24) is 4.98 Å². The molecule has 0 bridgehead atoms. The Balaban J connectivity index is 2.74. The van der Waals surface area contributed by atoms with Gasteiger partial charge in [-0.15, -0.1) is 0 Å². The maximum atomic E-state index is 5.70. The van der Waals surface area contributed by atoms with Gasteiger partial charge in [0, 0.05) is 23.1 Å². The van der Waals surface area contributed by atoms with E-state index in [-0.39, 0.29) is 0 Å². The number of benzene rings is 1. The van der Waals surface area contributed by atoms with Crippen molar-refractivity contribution in [3.05, 3.63) is 35.0 Å². The average molecular weight is 188 g/mol. The molecule has 2 aromatic rings. The zero-order chi connectivity index (χ0) is 10.1. The van der Waals surface area contributed by atoms with Gasteiger partial charge >= 0.3 is 0 Å². The molecule has 3 N–H and O–H groups in total. The summed E-state index contributed by atoms with van der Waals surface area (Å²) in [5.74, 6) is 0. The van der Waals surface area contributed by atoms with Gasteiger partial charge in [-0.05, 0) is 31.0 Å². The van der Waals surface area contributed by atoms with Crippen molar-refractivity contribution in [2.45, 2.75) is 26.8 Å². The van der Waals surface area contributed by atoms with Crippen LogP contribution >= 0.6 is 0 Å². The predicted octanol–water partition coefficient (Wildman–Crippen LogP) is 2.50. The Bertz CT molecular complexity index is 455. The molecule has 0 amide bonds. The van der Waals surface area contributed by atoms with Gasteiger partial charge < -0.3 is 10.7 Å². The van der Waals surface area contributed by atoms with E-state index in [2.05, 4.69) is 37.0 Å². The van der Waals surface area contributed by atoms with Crippen LogP contribution in [0, 0.1) is 6.92 Å². The van der Waals surface area contributed by atoms with Crippen LogP contribution in [-0.2, 0) is 13.0 Å². The molecule has 2 rings (SSSR count). The molecule has 2 heteroatoms. The number of fused-ring (bicyclic) bond motifs is 1. The largest absolute Gasteiger partial charge is 0.357 e. The van der Waals surface area contributed by atoms with Crippen molar-refractivity contribution in [2.24, 2.45) is 5.73 Å². The Morgan fingerprint density at radius 1 is 1.36 bits per heavy atom. The molecule has 0 aliphatic rings. The summed E-state index contributed by atoms with van der Waals surface area (Å²) in [6, 6.07) is 6.48. The molecule has 0 saturated heterocycles. The fraction of sp³-hybridized carbons (Fsp3) is 0.333. The lowest BCUT2D eigenvalue weighted by Gasteiger charge is -1.98. The minimum absolute atomic E-state index is 0.594. The first-order valence-corrected chi connectivity index (χ1v) is 5.06. The Morgan fingerprint density at radius 3 is 2.79 bits per heavy atom. The number of aromatic amines is 1. The standard InChI is InChI=1S/C12H16N2/c1-3-9-10-6-8(2)4-5-11(10)14-12(9)7-13/h4-6,14H,3,7,13H2,1-2H3. The van der Waals surface area contributed by atoms with Crippen LogP contribution in [0.25, 0.3) is 10.9 Å². The minimum atomic E-state index is 0.594. The number of H-pyrrole nitrogens is 1. The fourth-order valence-corrected chi connectivity index (χ4v) is 2.00. The number of aromatic nitrogens is 1. The lowest BCUT2D eigenvalue weighted by atomic mass is 10.1. The van der Waals surface area contributed by atoms with E-state index < -0.39 is 0 Å². The highest BCUT2D eigenvalue weighted by atomic mass is 14.8. The summed E-state index contributed by atoms with van der Waals surface area (Å²) in [6.07, 6.45) is 1.04. The summed E-state index contributed by atoms with van der Waals surface area (Å²) in [5, 5.41) is 1.33. The number of nitrogens with two attached hydrogens (primary N) is 1. The van der Waals surface area contributed by atoms with Crippen LogP contribution in [0.5, 0.6) is 0 Å². The van der Waals surface area contributed by atoms with Gasteiger partial charge in [-0.25, -0.2) is 0 Å². The molecule has 14 heavy (non-hydrogen) atoms. The van der Waals surface area contributed by atoms with E-state index in [1.165, 1.54) is 27.7 Å². The summed E-state index contributed by atoms with van der Waals surface area (Å²) in [6.45, 7) is 4.88. The average Bonchev–Trinajstić information content (AvgIpc) is 2.54. The van der Waals surface area contributed by atoms with E-state index in [4.69, 9.17) is 5.73 Å². The van der Waals surface area contributed by atoms with Crippen molar-refractivity contribution >= 4 is 10.9 Å². The van der Waals surface area contributed by atoms with E-state index in [9.17, 15) is 0 Å². The van der Waals surface area contributed by atoms with Crippen LogP contribution in [0.2, 0.25) is 0 Å². The van der Waals surface area contributed by atoms with Gasteiger partial charge in [0.15, 0.2) is 0 Å². The SMILES string of the molecule is CCc1c(CN)[nH]c2ccc(C)cc12. The minimum Gasteiger partial charge on any atom is -0.357 e. The molecule has 74 valence electrons. The van der Waals surface area contributed by atoms with Crippen molar-refractivity contribution < 1.29 is 0 Å². The molecule has 0 unspecified atom stereocenters. The normalized spacial score (nSPS) is 11.1. The van der Waals surface area contributed by atoms with Crippen molar-refractivity contribution in [3.63, 3.8) is 0 Å². The van der Waals surface area contributed by atoms with Crippen LogP contribution < -0.4 is 5.73 Å². The van der Waals surface area contributed by atoms with Gasteiger partial charge in [-0.2, -0.15) is 0 Å². The predicted molar refractivity (Wildman–Crippen MR) is 60.3 cm³/mol. The highest BCUT2D eigenvalue weighted by Gasteiger charge is 2.07. The highest BCUT2D eigenvalue weighted by Crippen LogP contribution is 2.23. The first-order chi connectivity index (χ1) is 6.76. The van der Waals surface area contributed by atoms with E-state index in [0.717, 1.165) is 6.42 Å². The molecule has 0 aliphatic carbocycles. The zero-order valence-electron chi connectivity index (χ0n) is 8.72. The number of hydrogen-bond donors (Lipinski definition) is 2. The zero-order valence-corrected chi connectivity index (χ0v) is 8.72. The number of hydrogen-bond acceptors (Lipinski definition) is 1. The Kier molecular flexibility index (Phi) is 2.30. The van der Waals surface area contributed by atoms with Gasteiger partial charge in [-0.1, -0.05) is 18.6 Å². The molecule has 0 aliphatic heterocycles. The monoisotopic (exact) mass is 188 g/mol. The van der Waals surface area contributed by atoms with E-state index in [0.29, 0.717) is 6.54 Å². The van der Waals surface area contributed by atoms with E-state index in [1.807, 2.05) is 0 Å². The first kappa shape index (κ1) is 9.28. The van der Waals surface area contributed by atoms with Crippen molar-refractivity contribution in [3.8, 4) is 0 Å². The molecule has 1 heterocycles. The molecule has 0 spiro atoms. The second-order valence-corrected chi connectivity index (χ2v) is 3.69. The van der Waals surface area contributed by atoms with Crippen molar-refractivity contribution in [1.29, 1.82) is 0 Å². The summed E-state index contributed by atoms with van der Waals surface area (Å²) in [5.41, 5.74) is 10.7. The Labute approximate surface area is 84.1 Å². The first-order valence-electron chi connectivity index (χ1n) is 5.06. The van der Waals surface area contributed by atoms with E-state index >= 15 is 0 Å². The summed E-state index contributed by atoms with van der Waals surface area (Å²) < 4.78 is 0. The third-order valence-corrected chi connectivity index (χ3v) is 2.71. The van der Waals surface area contributed by atoms with Gasteiger partial charge in [0.2, 0.25) is 0 Å². The van der Waals surface area contributed by atoms with Gasteiger partial charge in [-0.3, -0.25) is 0 Å². The van der Waals surface area contributed by atoms with Gasteiger partial charge in [0.25, 0.3) is 0 Å². The molecule has 1 aromatic heterocycles. The van der Waals surface area contributed by atoms with Crippen molar-refractivity contribution in [2.75, 3.05) is 0 Å².